The first kappa shape index (κ1) is 25.5. The molecular formula is C30H22N4O4S2+2. The molecule has 0 aliphatic rings. The molecule has 0 radical (unpaired) electrons. The highest BCUT2D eigenvalue weighted by Gasteiger charge is 2.15. The Labute approximate surface area is 236 Å². The molecule has 0 saturated heterocycles. The van der Waals surface area contributed by atoms with Crippen molar-refractivity contribution in [2.45, 2.75) is 13.1 Å². The van der Waals surface area contributed by atoms with Crippen LogP contribution in [0.15, 0.2) is 97.6 Å². The molecule has 0 amide bonds. The number of fused-ring (bicyclic) bond motifs is 1. The molecule has 0 unspecified atom stereocenters. The van der Waals surface area contributed by atoms with E-state index in [9.17, 15) is 9.59 Å². The van der Waals surface area contributed by atoms with Crippen LogP contribution >= 0.6 is 22.7 Å². The molecule has 196 valence electrons. The first-order valence-electron chi connectivity index (χ1n) is 12.3. The lowest BCUT2D eigenvalue weighted by Gasteiger charge is -2.00. The molecule has 6 aromatic rings. The zero-order valence-electron chi connectivity index (χ0n) is 21.0. The highest BCUT2D eigenvalue weighted by molar-refractivity contribution is 7.29. The normalized spacial score (nSPS) is 11.1. The van der Waals surface area contributed by atoms with Gasteiger partial charge in [-0.05, 0) is 24.3 Å². The van der Waals surface area contributed by atoms with E-state index in [1.807, 2.05) is 82.5 Å². The summed E-state index contributed by atoms with van der Waals surface area (Å²) in [5, 5.41) is 20.0. The lowest BCUT2D eigenvalue weighted by atomic mass is 10.1. The van der Waals surface area contributed by atoms with Gasteiger partial charge in [0.15, 0.2) is 47.5 Å². The second kappa shape index (κ2) is 10.8. The Morgan fingerprint density at radius 1 is 0.575 bits per heavy atom. The van der Waals surface area contributed by atoms with Gasteiger partial charge in [-0.25, -0.2) is 28.7 Å². The van der Waals surface area contributed by atoms with E-state index in [-0.39, 0.29) is 11.1 Å². The van der Waals surface area contributed by atoms with Gasteiger partial charge in [0.05, 0.1) is 11.1 Å². The van der Waals surface area contributed by atoms with E-state index in [1.165, 1.54) is 0 Å². The molecular weight excluding hydrogens is 544 g/mol. The number of hydrogen-bond donors (Lipinski definition) is 2. The van der Waals surface area contributed by atoms with Crippen molar-refractivity contribution in [3.63, 3.8) is 0 Å². The summed E-state index contributed by atoms with van der Waals surface area (Å²) >= 11 is 3.13. The molecule has 0 spiro atoms. The minimum atomic E-state index is -0.926. The van der Waals surface area contributed by atoms with Gasteiger partial charge in [-0.1, -0.05) is 46.9 Å². The molecule has 8 nitrogen and oxygen atoms in total. The van der Waals surface area contributed by atoms with Crippen molar-refractivity contribution in [1.82, 2.24) is 9.97 Å². The van der Waals surface area contributed by atoms with Crippen molar-refractivity contribution < 1.29 is 28.9 Å². The first-order valence-corrected chi connectivity index (χ1v) is 14.0. The van der Waals surface area contributed by atoms with Crippen LogP contribution in [0.4, 0.5) is 0 Å². The third kappa shape index (κ3) is 5.49. The van der Waals surface area contributed by atoms with Crippen LogP contribution in [0.5, 0.6) is 0 Å². The van der Waals surface area contributed by atoms with Gasteiger partial charge >= 0.3 is 11.9 Å². The van der Waals surface area contributed by atoms with Gasteiger partial charge in [-0.3, -0.25) is 0 Å². The van der Waals surface area contributed by atoms with Crippen LogP contribution in [0.2, 0.25) is 0 Å². The minimum absolute atomic E-state index is 0.280. The number of carboxylic acids is 2. The third-order valence-electron chi connectivity index (χ3n) is 6.38. The molecule has 6 rings (SSSR count). The Morgan fingerprint density at radius 2 is 0.925 bits per heavy atom. The number of carboxylic acid groups (broad SMARTS) is 2. The molecule has 0 fully saturated rings. The first-order chi connectivity index (χ1) is 19.4. The maximum Gasteiger partial charge on any atom is 0.335 e. The molecule has 0 aliphatic heterocycles. The predicted octanol–water partition coefficient (Wildman–Crippen LogP) is 5.15. The van der Waals surface area contributed by atoms with Gasteiger partial charge in [-0.2, -0.15) is 0 Å². The fourth-order valence-corrected chi connectivity index (χ4v) is 6.28. The van der Waals surface area contributed by atoms with Crippen molar-refractivity contribution in [1.29, 1.82) is 0 Å². The minimum Gasteiger partial charge on any atom is -0.478 e. The van der Waals surface area contributed by atoms with Crippen LogP contribution in [-0.4, -0.2) is 32.1 Å². The van der Waals surface area contributed by atoms with Crippen molar-refractivity contribution >= 4 is 44.3 Å². The average molecular weight is 567 g/mol. The zero-order valence-corrected chi connectivity index (χ0v) is 22.6. The summed E-state index contributed by atoms with van der Waals surface area (Å²) in [5.41, 5.74) is 4.65. The Bertz CT molecular complexity index is 1660. The van der Waals surface area contributed by atoms with E-state index in [0.29, 0.717) is 13.1 Å². The number of nitrogens with zero attached hydrogens (tertiary/aromatic N) is 4. The summed E-state index contributed by atoms with van der Waals surface area (Å²) in [4.78, 5) is 33.5. The Kier molecular flexibility index (Phi) is 6.85. The summed E-state index contributed by atoms with van der Waals surface area (Å²) in [6, 6.07) is 21.9. The lowest BCUT2D eigenvalue weighted by Crippen LogP contribution is -2.33. The van der Waals surface area contributed by atoms with E-state index >= 15 is 0 Å². The standard InChI is InChI=1S/C30H20N4O4S2/c35-29(36)23-5-1-19(2-6-23)17-33-13-9-21(10-14-33)25-31-27-28(39-25)32-26(40-27)22-11-15-34(16-12-22)18-20-3-7-24(8-4-20)30(37)38/h1-16H,17-18H2/p+2. The molecule has 0 aliphatic carbocycles. The topological polar surface area (TPSA) is 108 Å². The number of hydrogen-bond acceptors (Lipinski definition) is 6. The zero-order chi connectivity index (χ0) is 27.6. The molecule has 0 atom stereocenters. The van der Waals surface area contributed by atoms with E-state index in [2.05, 4.69) is 0 Å². The maximum atomic E-state index is 11.0. The fraction of sp³-hybridized carbons (Fsp3) is 0.0667. The number of rotatable bonds is 8. The molecule has 4 aromatic heterocycles. The van der Waals surface area contributed by atoms with E-state index < -0.39 is 11.9 Å². The van der Waals surface area contributed by atoms with Gasteiger partial charge in [-0.15, -0.1) is 0 Å². The van der Waals surface area contributed by atoms with Crippen molar-refractivity contribution in [2.24, 2.45) is 0 Å². The number of aromatic carboxylic acids is 2. The summed E-state index contributed by atoms with van der Waals surface area (Å²) in [7, 11) is 0. The number of benzene rings is 2. The maximum absolute atomic E-state index is 11.0. The second-order valence-electron chi connectivity index (χ2n) is 9.17. The van der Waals surface area contributed by atoms with Crippen LogP contribution in [0.1, 0.15) is 31.8 Å². The van der Waals surface area contributed by atoms with Crippen LogP contribution in [0.3, 0.4) is 0 Å². The lowest BCUT2D eigenvalue weighted by molar-refractivity contribution is -0.688. The highest BCUT2D eigenvalue weighted by Crippen LogP contribution is 2.36. The molecule has 0 saturated carbocycles. The molecule has 10 heteroatoms. The van der Waals surface area contributed by atoms with E-state index in [0.717, 1.165) is 41.9 Å². The SMILES string of the molecule is O=C(O)c1ccc(C[n+]2ccc(-c3nc4sc(-c5cc[n+](Cc6ccc(C(=O)O)cc6)cc5)nc4s3)cc2)cc1. The highest BCUT2D eigenvalue weighted by atomic mass is 32.1. The van der Waals surface area contributed by atoms with Crippen LogP contribution < -0.4 is 9.13 Å². The number of pyridine rings is 2. The van der Waals surface area contributed by atoms with Crippen LogP contribution in [-0.2, 0) is 13.1 Å². The second-order valence-corrected chi connectivity index (χ2v) is 11.1. The van der Waals surface area contributed by atoms with E-state index in [1.54, 1.807) is 46.9 Å². The van der Waals surface area contributed by atoms with Crippen LogP contribution in [0.25, 0.3) is 30.8 Å². The molecule has 2 aromatic carbocycles. The van der Waals surface area contributed by atoms with Gasteiger partial charge in [0.2, 0.25) is 0 Å². The Balaban J connectivity index is 1.12. The summed E-state index contributed by atoms with van der Waals surface area (Å²) in [6.45, 7) is 1.29. The van der Waals surface area contributed by atoms with E-state index in [4.69, 9.17) is 20.2 Å². The number of carbonyl (C=O) groups is 2. The van der Waals surface area contributed by atoms with Gasteiger partial charge in [0.25, 0.3) is 0 Å². The fourth-order valence-electron chi connectivity index (χ4n) is 4.23. The average Bonchev–Trinajstić information content (AvgIpc) is 3.54. The van der Waals surface area contributed by atoms with Gasteiger partial charge in [0.1, 0.15) is 10.0 Å². The van der Waals surface area contributed by atoms with Gasteiger partial charge in [0, 0.05) is 46.5 Å². The predicted molar refractivity (Wildman–Crippen MR) is 152 cm³/mol. The summed E-state index contributed by atoms with van der Waals surface area (Å²) in [6.07, 6.45) is 7.98. The van der Waals surface area contributed by atoms with Crippen LogP contribution in [0, 0.1) is 0 Å². The molecule has 4 heterocycles. The van der Waals surface area contributed by atoms with Crippen molar-refractivity contribution in [3.8, 4) is 21.1 Å². The largest absolute Gasteiger partial charge is 0.478 e. The Hall–Kier alpha value is -4.80. The molecule has 0 bridgehead atoms. The summed E-state index contributed by atoms with van der Waals surface area (Å²) < 4.78 is 4.08. The molecule has 2 N–H and O–H groups in total. The molecule has 40 heavy (non-hydrogen) atoms. The third-order valence-corrected chi connectivity index (χ3v) is 8.51. The monoisotopic (exact) mass is 566 g/mol. The smallest absolute Gasteiger partial charge is 0.335 e. The quantitative estimate of drug-likeness (QED) is 0.247. The summed E-state index contributed by atoms with van der Waals surface area (Å²) in [5.74, 6) is -1.85. The van der Waals surface area contributed by atoms with Gasteiger partial charge < -0.3 is 10.2 Å². The van der Waals surface area contributed by atoms with Crippen molar-refractivity contribution in [2.75, 3.05) is 0 Å². The van der Waals surface area contributed by atoms with Crippen molar-refractivity contribution in [3.05, 3.63) is 120 Å². The number of thiazole rings is 2. The number of aromatic nitrogens is 4. The Morgan fingerprint density at radius 3 is 1.25 bits per heavy atom.